The molecule has 208 valence electrons. The SMILES string of the molecule is CC[C@@H](C)NC(=O)[C@H](C)N(Cc1ccc(Cl)c(Cl)c1)C(=O)CCCN(c1ccc2c(c1)OCO2)S(C)(=O)=O. The number of fused-ring (bicyclic) bond motifs is 1. The Labute approximate surface area is 234 Å². The number of rotatable bonds is 12. The van der Waals surface area contributed by atoms with Gasteiger partial charge in [0.2, 0.25) is 28.6 Å². The van der Waals surface area contributed by atoms with Crippen molar-refractivity contribution >= 4 is 50.7 Å². The van der Waals surface area contributed by atoms with Crippen molar-refractivity contribution in [2.45, 2.75) is 58.7 Å². The third-order valence-electron chi connectivity index (χ3n) is 6.30. The van der Waals surface area contributed by atoms with Crippen molar-refractivity contribution in [3.63, 3.8) is 0 Å². The molecule has 1 aliphatic heterocycles. The van der Waals surface area contributed by atoms with Gasteiger partial charge in [-0.1, -0.05) is 36.2 Å². The summed E-state index contributed by atoms with van der Waals surface area (Å²) in [5.41, 5.74) is 1.13. The van der Waals surface area contributed by atoms with Crippen molar-refractivity contribution in [3.05, 3.63) is 52.0 Å². The molecule has 0 saturated carbocycles. The number of sulfonamides is 1. The minimum Gasteiger partial charge on any atom is -0.454 e. The van der Waals surface area contributed by atoms with E-state index in [9.17, 15) is 18.0 Å². The highest BCUT2D eigenvalue weighted by atomic mass is 35.5. The third kappa shape index (κ3) is 7.68. The number of nitrogens with one attached hydrogen (secondary N) is 1. The van der Waals surface area contributed by atoms with Crippen LogP contribution in [-0.2, 0) is 26.2 Å². The highest BCUT2D eigenvalue weighted by molar-refractivity contribution is 7.92. The zero-order valence-electron chi connectivity index (χ0n) is 21.9. The fraction of sp³-hybridized carbons (Fsp3) is 0.462. The lowest BCUT2D eigenvalue weighted by atomic mass is 10.1. The first kappa shape index (κ1) is 29.9. The van der Waals surface area contributed by atoms with Gasteiger partial charge in [-0.3, -0.25) is 13.9 Å². The molecule has 1 N–H and O–H groups in total. The predicted octanol–water partition coefficient (Wildman–Crippen LogP) is 4.60. The summed E-state index contributed by atoms with van der Waals surface area (Å²) in [4.78, 5) is 27.8. The average molecular weight is 587 g/mol. The lowest BCUT2D eigenvalue weighted by Crippen LogP contribution is -2.49. The Balaban J connectivity index is 1.75. The van der Waals surface area contributed by atoms with E-state index in [2.05, 4.69) is 5.32 Å². The van der Waals surface area contributed by atoms with E-state index >= 15 is 0 Å². The van der Waals surface area contributed by atoms with Gasteiger partial charge in [-0.2, -0.15) is 0 Å². The number of amides is 2. The fourth-order valence-corrected chi connectivity index (χ4v) is 5.21. The van der Waals surface area contributed by atoms with Gasteiger partial charge in [0, 0.05) is 31.6 Å². The monoisotopic (exact) mass is 585 g/mol. The molecular formula is C26H33Cl2N3O6S. The lowest BCUT2D eigenvalue weighted by molar-refractivity contribution is -0.140. The molecule has 1 heterocycles. The van der Waals surface area contributed by atoms with Crippen LogP contribution in [0.3, 0.4) is 0 Å². The molecule has 0 aromatic heterocycles. The molecule has 3 rings (SSSR count). The molecule has 0 fully saturated rings. The van der Waals surface area contributed by atoms with Crippen molar-refractivity contribution in [1.82, 2.24) is 10.2 Å². The minimum absolute atomic E-state index is 0.0266. The molecule has 2 atom stereocenters. The summed E-state index contributed by atoms with van der Waals surface area (Å²) in [6, 6.07) is 9.13. The fourth-order valence-electron chi connectivity index (χ4n) is 3.93. The molecule has 0 radical (unpaired) electrons. The number of carbonyl (C=O) groups excluding carboxylic acids is 2. The van der Waals surface area contributed by atoms with E-state index in [1.54, 1.807) is 43.3 Å². The van der Waals surface area contributed by atoms with Crippen LogP contribution < -0.4 is 19.1 Å². The second kappa shape index (κ2) is 12.9. The second-order valence-corrected chi connectivity index (χ2v) is 12.0. The normalized spacial score (nSPS) is 14.1. The second-order valence-electron chi connectivity index (χ2n) is 9.24. The Bertz CT molecular complexity index is 1270. The quantitative estimate of drug-likeness (QED) is 0.390. The maximum Gasteiger partial charge on any atom is 0.242 e. The molecule has 38 heavy (non-hydrogen) atoms. The van der Waals surface area contributed by atoms with Crippen LogP contribution in [0.5, 0.6) is 11.5 Å². The van der Waals surface area contributed by atoms with Crippen molar-refractivity contribution in [2.75, 3.05) is 23.9 Å². The summed E-state index contributed by atoms with van der Waals surface area (Å²) >= 11 is 12.2. The maximum atomic E-state index is 13.4. The Morgan fingerprint density at radius 2 is 1.76 bits per heavy atom. The molecular weight excluding hydrogens is 553 g/mol. The first-order valence-electron chi connectivity index (χ1n) is 12.3. The van der Waals surface area contributed by atoms with Crippen LogP contribution in [0.4, 0.5) is 5.69 Å². The number of carbonyl (C=O) groups is 2. The third-order valence-corrected chi connectivity index (χ3v) is 8.23. The number of hydrogen-bond donors (Lipinski definition) is 1. The van der Waals surface area contributed by atoms with E-state index in [0.717, 1.165) is 12.7 Å². The van der Waals surface area contributed by atoms with Gasteiger partial charge in [0.15, 0.2) is 11.5 Å². The maximum absolute atomic E-state index is 13.4. The molecule has 0 saturated heterocycles. The highest BCUT2D eigenvalue weighted by Gasteiger charge is 2.28. The van der Waals surface area contributed by atoms with Crippen LogP contribution in [0, 0.1) is 0 Å². The van der Waals surface area contributed by atoms with E-state index in [4.69, 9.17) is 32.7 Å². The summed E-state index contributed by atoms with van der Waals surface area (Å²) in [6.45, 7) is 5.81. The molecule has 12 heteroatoms. The Morgan fingerprint density at radius 1 is 1.05 bits per heavy atom. The number of anilines is 1. The number of hydrogen-bond acceptors (Lipinski definition) is 6. The summed E-state index contributed by atoms with van der Waals surface area (Å²) in [5, 5.41) is 3.65. The highest BCUT2D eigenvalue weighted by Crippen LogP contribution is 2.36. The van der Waals surface area contributed by atoms with Crippen molar-refractivity contribution in [3.8, 4) is 11.5 Å². The first-order chi connectivity index (χ1) is 17.9. The van der Waals surface area contributed by atoms with Gasteiger partial charge in [-0.25, -0.2) is 8.42 Å². The number of benzene rings is 2. The molecule has 0 unspecified atom stereocenters. The summed E-state index contributed by atoms with van der Waals surface area (Å²) in [5.74, 6) is 0.439. The molecule has 2 amide bonds. The number of nitrogens with zero attached hydrogens (tertiary/aromatic N) is 2. The van der Waals surface area contributed by atoms with E-state index in [0.29, 0.717) is 32.8 Å². The van der Waals surface area contributed by atoms with Gasteiger partial charge < -0.3 is 19.7 Å². The lowest BCUT2D eigenvalue weighted by Gasteiger charge is -2.30. The molecule has 2 aromatic carbocycles. The first-order valence-corrected chi connectivity index (χ1v) is 14.9. The van der Waals surface area contributed by atoms with Crippen LogP contribution in [0.2, 0.25) is 10.0 Å². The molecule has 0 spiro atoms. The van der Waals surface area contributed by atoms with Crippen molar-refractivity contribution < 1.29 is 27.5 Å². The smallest absolute Gasteiger partial charge is 0.242 e. The Hall–Kier alpha value is -2.69. The van der Waals surface area contributed by atoms with Gasteiger partial charge >= 0.3 is 0 Å². The van der Waals surface area contributed by atoms with Crippen LogP contribution in [0.1, 0.15) is 45.6 Å². The summed E-state index contributed by atoms with van der Waals surface area (Å²) in [6.07, 6.45) is 2.12. The van der Waals surface area contributed by atoms with E-state index in [1.165, 1.54) is 9.21 Å². The van der Waals surface area contributed by atoms with Crippen LogP contribution in [0.25, 0.3) is 0 Å². The Morgan fingerprint density at radius 3 is 2.42 bits per heavy atom. The zero-order chi connectivity index (χ0) is 28.0. The van der Waals surface area contributed by atoms with Crippen LogP contribution in [0.15, 0.2) is 36.4 Å². The van der Waals surface area contributed by atoms with E-state index in [1.807, 2.05) is 13.8 Å². The number of halogens is 2. The largest absolute Gasteiger partial charge is 0.454 e. The van der Waals surface area contributed by atoms with Crippen LogP contribution in [-0.4, -0.2) is 56.8 Å². The molecule has 1 aliphatic rings. The summed E-state index contributed by atoms with van der Waals surface area (Å²) < 4.78 is 37.0. The average Bonchev–Trinajstić information content (AvgIpc) is 3.33. The van der Waals surface area contributed by atoms with E-state index < -0.39 is 16.1 Å². The number of ether oxygens (including phenoxy) is 2. The topological polar surface area (TPSA) is 105 Å². The van der Waals surface area contributed by atoms with Gasteiger partial charge in [0.1, 0.15) is 6.04 Å². The molecule has 2 aromatic rings. The predicted molar refractivity (Wildman–Crippen MR) is 148 cm³/mol. The molecule has 9 nitrogen and oxygen atoms in total. The van der Waals surface area contributed by atoms with Crippen molar-refractivity contribution in [1.29, 1.82) is 0 Å². The molecule has 0 bridgehead atoms. The summed E-state index contributed by atoms with van der Waals surface area (Å²) in [7, 11) is -3.64. The van der Waals surface area contributed by atoms with Crippen molar-refractivity contribution in [2.24, 2.45) is 0 Å². The Kier molecular flexibility index (Phi) is 10.1. The standard InChI is InChI=1S/C26H33Cl2N3O6S/c1-5-17(2)29-26(33)18(3)30(15-19-8-10-21(27)22(28)13-19)25(32)7-6-12-31(38(4,34)35)20-9-11-23-24(14-20)37-16-36-23/h8-11,13-14,17-18H,5-7,12,15-16H2,1-4H3,(H,29,33)/t17-,18+/m1/s1. The van der Waals surface area contributed by atoms with E-state index in [-0.39, 0.29) is 50.6 Å². The van der Waals surface area contributed by atoms with Gasteiger partial charge in [-0.05, 0) is 56.5 Å². The minimum atomic E-state index is -3.64. The zero-order valence-corrected chi connectivity index (χ0v) is 24.2. The van der Waals surface area contributed by atoms with Gasteiger partial charge in [0.25, 0.3) is 0 Å². The molecule has 0 aliphatic carbocycles. The van der Waals surface area contributed by atoms with Crippen LogP contribution >= 0.6 is 23.2 Å². The van der Waals surface area contributed by atoms with Gasteiger partial charge in [0.05, 0.1) is 22.0 Å². The van der Waals surface area contributed by atoms with Gasteiger partial charge in [-0.15, -0.1) is 0 Å².